The zero-order valence-corrected chi connectivity index (χ0v) is 24.5. The zero-order chi connectivity index (χ0) is 30.7. The molecule has 6 rings (SSSR count). The van der Waals surface area contributed by atoms with Crippen LogP contribution in [0.2, 0.25) is 0 Å². The van der Waals surface area contributed by atoms with Gasteiger partial charge in [-0.15, -0.1) is 0 Å². The van der Waals surface area contributed by atoms with Crippen LogP contribution in [-0.4, -0.2) is 58.5 Å². The van der Waals surface area contributed by atoms with Crippen LogP contribution in [0.5, 0.6) is 0 Å². The van der Waals surface area contributed by atoms with Crippen LogP contribution in [0.4, 0.5) is 0 Å². The van der Waals surface area contributed by atoms with Crippen LogP contribution in [0.25, 0.3) is 11.0 Å². The van der Waals surface area contributed by atoms with Crippen molar-refractivity contribution < 1.29 is 24.1 Å². The van der Waals surface area contributed by atoms with E-state index in [4.69, 9.17) is 15.1 Å². The van der Waals surface area contributed by atoms with Gasteiger partial charge in [-0.1, -0.05) is 72.8 Å². The van der Waals surface area contributed by atoms with E-state index >= 15 is 0 Å². The average Bonchev–Trinajstić information content (AvgIpc) is 3.53. The van der Waals surface area contributed by atoms with Crippen LogP contribution in [0.3, 0.4) is 0 Å². The molecule has 1 unspecified atom stereocenters. The van der Waals surface area contributed by atoms with Gasteiger partial charge in [0.1, 0.15) is 16.9 Å². The number of piperidine rings is 1. The normalized spacial score (nSPS) is 18.7. The van der Waals surface area contributed by atoms with Crippen molar-refractivity contribution in [1.82, 2.24) is 20.5 Å². The van der Waals surface area contributed by atoms with Crippen molar-refractivity contribution in [2.45, 2.75) is 37.5 Å². The minimum Gasteiger partial charge on any atom is -0.478 e. The molecule has 2 aliphatic rings. The van der Waals surface area contributed by atoms with E-state index in [0.717, 1.165) is 32.5 Å². The third kappa shape index (κ3) is 5.44. The van der Waals surface area contributed by atoms with Gasteiger partial charge in [-0.25, -0.2) is 14.2 Å². The number of carbonyl (C=O) groups excluding carboxylic acids is 1. The summed E-state index contributed by atoms with van der Waals surface area (Å²) in [6.07, 6.45) is 2.63. The molecule has 0 aliphatic carbocycles. The topological polar surface area (TPSA) is 144 Å². The Morgan fingerprint density at radius 2 is 1.64 bits per heavy atom. The maximum Gasteiger partial charge on any atom is 0.336 e. The summed E-state index contributed by atoms with van der Waals surface area (Å²) in [5, 5.41) is 20.8. The molecule has 10 nitrogen and oxygen atoms in total. The molecular formula is C34H35N5O5. The number of dihydropyridines is 1. The van der Waals surface area contributed by atoms with Gasteiger partial charge >= 0.3 is 11.9 Å². The summed E-state index contributed by atoms with van der Waals surface area (Å²) in [5.74, 6) is -2.91. The van der Waals surface area contributed by atoms with Crippen LogP contribution in [0.15, 0.2) is 106 Å². The lowest BCUT2D eigenvalue weighted by atomic mass is 9.68. The number of carboxylic acids is 1. The molecule has 10 heteroatoms. The van der Waals surface area contributed by atoms with Crippen LogP contribution < -0.4 is 11.1 Å². The van der Waals surface area contributed by atoms with Gasteiger partial charge in [-0.05, 0) is 72.3 Å². The first-order chi connectivity index (χ1) is 21.4. The maximum atomic E-state index is 13.5. The van der Waals surface area contributed by atoms with Crippen LogP contribution in [0.1, 0.15) is 48.8 Å². The summed E-state index contributed by atoms with van der Waals surface area (Å²) in [4.78, 5) is 28.3. The molecular weight excluding hydrogens is 558 g/mol. The lowest BCUT2D eigenvalue weighted by Gasteiger charge is -2.43. The predicted octanol–water partition coefficient (Wildman–Crippen LogP) is 4.45. The Morgan fingerprint density at radius 1 is 0.977 bits per heavy atom. The van der Waals surface area contributed by atoms with Gasteiger partial charge in [0.2, 0.25) is 0 Å². The molecule has 3 heterocycles. The summed E-state index contributed by atoms with van der Waals surface area (Å²) in [7, 11) is 0. The first-order valence-corrected chi connectivity index (χ1v) is 14.8. The third-order valence-corrected chi connectivity index (χ3v) is 8.89. The number of rotatable bonds is 9. The van der Waals surface area contributed by atoms with E-state index < -0.39 is 17.9 Å². The SMILES string of the molecule is CC1=C(C(=O)OCCCN2CCC(c3ccccc3)(c3ccccc3)CC2)C(c2cccc3nonc23)C(C(=O)O)=C(N)N1. The number of aliphatic carboxylic acids is 1. The molecule has 0 radical (unpaired) electrons. The summed E-state index contributed by atoms with van der Waals surface area (Å²) < 4.78 is 10.6. The predicted molar refractivity (Wildman–Crippen MR) is 164 cm³/mol. The molecule has 1 aromatic heterocycles. The second-order valence-corrected chi connectivity index (χ2v) is 11.4. The second kappa shape index (κ2) is 12.3. The number of hydrogen-bond donors (Lipinski definition) is 3. The molecule has 0 spiro atoms. The van der Waals surface area contributed by atoms with Gasteiger partial charge in [0.15, 0.2) is 0 Å². The largest absolute Gasteiger partial charge is 0.478 e. The second-order valence-electron chi connectivity index (χ2n) is 11.4. The fourth-order valence-corrected chi connectivity index (χ4v) is 6.68. The van der Waals surface area contributed by atoms with Crippen LogP contribution in [-0.2, 0) is 19.7 Å². The minimum atomic E-state index is -1.25. The number of ether oxygens (including phenoxy) is 1. The summed E-state index contributed by atoms with van der Waals surface area (Å²) in [5.41, 5.74) is 10.4. The molecule has 0 saturated carbocycles. The van der Waals surface area contributed by atoms with E-state index in [0.29, 0.717) is 28.7 Å². The zero-order valence-electron chi connectivity index (χ0n) is 24.5. The molecule has 3 aromatic carbocycles. The van der Waals surface area contributed by atoms with Gasteiger partial charge in [0, 0.05) is 17.7 Å². The molecule has 0 amide bonds. The fraction of sp³-hybridized carbons (Fsp3) is 0.294. The maximum absolute atomic E-state index is 13.5. The van der Waals surface area contributed by atoms with Crippen molar-refractivity contribution in [3.63, 3.8) is 0 Å². The number of benzene rings is 3. The third-order valence-electron chi connectivity index (χ3n) is 8.89. The molecule has 226 valence electrons. The van der Waals surface area contributed by atoms with E-state index in [9.17, 15) is 14.7 Å². The Labute approximate surface area is 255 Å². The highest BCUT2D eigenvalue weighted by atomic mass is 16.6. The molecule has 4 N–H and O–H groups in total. The molecule has 0 bridgehead atoms. The lowest BCUT2D eigenvalue weighted by molar-refractivity contribution is -0.139. The molecule has 2 aliphatic heterocycles. The van der Waals surface area contributed by atoms with Gasteiger partial charge in [-0.3, -0.25) is 0 Å². The average molecular weight is 594 g/mol. The molecule has 4 aromatic rings. The number of nitrogens with two attached hydrogens (primary N) is 1. The quantitative estimate of drug-likeness (QED) is 0.188. The number of carbonyl (C=O) groups is 2. The van der Waals surface area contributed by atoms with E-state index in [-0.39, 0.29) is 29.0 Å². The van der Waals surface area contributed by atoms with Gasteiger partial charge in [0.25, 0.3) is 0 Å². The van der Waals surface area contributed by atoms with E-state index in [1.165, 1.54) is 11.1 Å². The number of aromatic nitrogens is 2. The van der Waals surface area contributed by atoms with Crippen LogP contribution >= 0.6 is 0 Å². The number of fused-ring (bicyclic) bond motifs is 1. The van der Waals surface area contributed by atoms with Crippen molar-refractivity contribution >= 4 is 23.0 Å². The Morgan fingerprint density at radius 3 is 2.27 bits per heavy atom. The van der Waals surface area contributed by atoms with E-state index in [1.54, 1.807) is 25.1 Å². The van der Waals surface area contributed by atoms with E-state index in [2.05, 4.69) is 81.2 Å². The Bertz CT molecular complexity index is 1680. The Hall–Kier alpha value is -4.96. The van der Waals surface area contributed by atoms with Gasteiger partial charge in [0.05, 0.1) is 23.7 Å². The number of esters is 1. The summed E-state index contributed by atoms with van der Waals surface area (Å²) in [6, 6.07) is 26.6. The number of hydrogen-bond acceptors (Lipinski definition) is 9. The van der Waals surface area contributed by atoms with Gasteiger partial charge < -0.3 is 25.8 Å². The Balaban J connectivity index is 1.12. The van der Waals surface area contributed by atoms with Crippen molar-refractivity contribution in [2.75, 3.05) is 26.2 Å². The molecule has 1 atom stereocenters. The standard InChI is InChI=1S/C34H35N5O5/c1-22-27(28(29(32(40)41)31(35)36-22)25-14-8-15-26-30(25)38-44-37-26)33(42)43-21-9-18-39-19-16-34(17-20-39,23-10-4-2-5-11-23)24-12-6-3-7-13-24/h2-8,10-15,28,36H,9,16-21,35H2,1H3,(H,40,41). The highest BCUT2D eigenvalue weighted by Crippen LogP contribution is 2.42. The molecule has 1 saturated heterocycles. The number of likely N-dealkylation sites (tertiary alicyclic amines) is 1. The smallest absolute Gasteiger partial charge is 0.336 e. The number of nitrogens with one attached hydrogen (secondary N) is 1. The summed E-state index contributed by atoms with van der Waals surface area (Å²) in [6.45, 7) is 4.50. The lowest BCUT2D eigenvalue weighted by Crippen LogP contribution is -2.43. The monoisotopic (exact) mass is 593 g/mol. The fourth-order valence-electron chi connectivity index (χ4n) is 6.68. The number of carboxylic acid groups (broad SMARTS) is 1. The highest BCUT2D eigenvalue weighted by molar-refractivity contribution is 6.00. The minimum absolute atomic E-state index is 0.0298. The molecule has 44 heavy (non-hydrogen) atoms. The first kappa shape index (κ1) is 29.1. The number of nitrogens with zero attached hydrogens (tertiary/aromatic N) is 3. The van der Waals surface area contributed by atoms with Crippen molar-refractivity contribution in [1.29, 1.82) is 0 Å². The first-order valence-electron chi connectivity index (χ1n) is 14.8. The highest BCUT2D eigenvalue weighted by Gasteiger charge is 2.40. The van der Waals surface area contributed by atoms with Gasteiger partial charge in [-0.2, -0.15) is 0 Å². The van der Waals surface area contributed by atoms with Crippen molar-refractivity contribution in [2.24, 2.45) is 5.73 Å². The van der Waals surface area contributed by atoms with Crippen molar-refractivity contribution in [3.8, 4) is 0 Å². The van der Waals surface area contributed by atoms with Crippen LogP contribution in [0, 0.1) is 0 Å². The van der Waals surface area contributed by atoms with Crippen molar-refractivity contribution in [3.05, 3.63) is 118 Å². The summed E-state index contributed by atoms with van der Waals surface area (Å²) >= 11 is 0. The number of allylic oxidation sites excluding steroid dienone is 1. The van der Waals surface area contributed by atoms with E-state index in [1.807, 2.05) is 0 Å². The molecule has 1 fully saturated rings. The Kier molecular flexibility index (Phi) is 8.17.